The van der Waals surface area contributed by atoms with Crippen molar-refractivity contribution in [1.82, 2.24) is 4.98 Å². The molecule has 0 atom stereocenters. The number of nitro benzene ring substituents is 1. The number of nitro groups is 1. The van der Waals surface area contributed by atoms with Gasteiger partial charge in [-0.25, -0.2) is 0 Å². The largest absolute Gasteiger partial charge is 0.505 e. The highest BCUT2D eigenvalue weighted by atomic mass is 16.6. The van der Waals surface area contributed by atoms with Crippen LogP contribution < -0.4 is 0 Å². The number of aromatic nitrogens is 1. The number of aromatic hydroxyl groups is 1. The average molecular weight is 356 g/mol. The van der Waals surface area contributed by atoms with E-state index >= 15 is 0 Å². The molecule has 5 nitrogen and oxygen atoms in total. The van der Waals surface area contributed by atoms with Crippen LogP contribution >= 0.6 is 0 Å². The highest BCUT2D eigenvalue weighted by Crippen LogP contribution is 2.39. The topological polar surface area (TPSA) is 79.2 Å². The van der Waals surface area contributed by atoms with Crippen molar-refractivity contribution in [2.45, 2.75) is 0 Å². The van der Waals surface area contributed by atoms with Gasteiger partial charge in [0.05, 0.1) is 21.7 Å². The first-order chi connectivity index (χ1) is 13.1. The number of rotatable bonds is 4. The molecule has 3 aromatic carbocycles. The number of hydrogen-bond donors (Lipinski definition) is 2. The van der Waals surface area contributed by atoms with E-state index in [9.17, 15) is 15.2 Å². The number of aromatic amines is 1. The molecular formula is C22H16N2O3. The fraction of sp³-hybridized carbons (Fsp3) is 0. The number of benzene rings is 3. The Morgan fingerprint density at radius 2 is 1.59 bits per heavy atom. The van der Waals surface area contributed by atoms with E-state index in [0.717, 1.165) is 11.1 Å². The summed E-state index contributed by atoms with van der Waals surface area (Å²) in [6.45, 7) is 0. The standard InChI is InChI=1S/C22H16N2O3/c25-22-18-13-17(12-11-15-7-3-1-4-8-15)20(24(26)27)14-19(18)23-21(22)16-9-5-2-6-10-16/h1-14,23,25H/b12-11+. The van der Waals surface area contributed by atoms with E-state index < -0.39 is 4.92 Å². The van der Waals surface area contributed by atoms with Gasteiger partial charge in [0.1, 0.15) is 5.75 Å². The van der Waals surface area contributed by atoms with Crippen LogP contribution in [-0.4, -0.2) is 15.0 Å². The maximum atomic E-state index is 11.5. The molecule has 132 valence electrons. The van der Waals surface area contributed by atoms with Crippen molar-refractivity contribution in [2.24, 2.45) is 0 Å². The number of nitrogens with one attached hydrogen (secondary N) is 1. The van der Waals surface area contributed by atoms with Crippen LogP contribution in [0.4, 0.5) is 5.69 Å². The lowest BCUT2D eigenvalue weighted by atomic mass is 10.1. The van der Waals surface area contributed by atoms with E-state index in [1.807, 2.05) is 66.7 Å². The summed E-state index contributed by atoms with van der Waals surface area (Å²) in [4.78, 5) is 14.2. The average Bonchev–Trinajstić information content (AvgIpc) is 3.03. The highest BCUT2D eigenvalue weighted by Gasteiger charge is 2.19. The second kappa shape index (κ2) is 6.80. The molecule has 0 fully saturated rings. The van der Waals surface area contributed by atoms with Crippen LogP contribution in [0.15, 0.2) is 72.8 Å². The first kappa shape index (κ1) is 16.6. The molecule has 0 aliphatic heterocycles. The second-order valence-electron chi connectivity index (χ2n) is 6.17. The lowest BCUT2D eigenvalue weighted by Gasteiger charge is -2.00. The predicted octanol–water partition coefficient (Wildman–Crippen LogP) is 5.62. The van der Waals surface area contributed by atoms with Crippen molar-refractivity contribution in [3.63, 3.8) is 0 Å². The maximum Gasteiger partial charge on any atom is 0.278 e. The Labute approximate surface area is 155 Å². The van der Waals surface area contributed by atoms with Gasteiger partial charge >= 0.3 is 0 Å². The van der Waals surface area contributed by atoms with Gasteiger partial charge in [-0.1, -0.05) is 66.7 Å². The first-order valence-electron chi connectivity index (χ1n) is 8.45. The molecular weight excluding hydrogens is 340 g/mol. The van der Waals surface area contributed by atoms with E-state index in [0.29, 0.717) is 22.2 Å². The Morgan fingerprint density at radius 3 is 2.26 bits per heavy atom. The monoisotopic (exact) mass is 356 g/mol. The van der Waals surface area contributed by atoms with Crippen LogP contribution in [0.3, 0.4) is 0 Å². The summed E-state index contributed by atoms with van der Waals surface area (Å²) in [6, 6.07) is 22.0. The molecule has 0 aliphatic rings. The van der Waals surface area contributed by atoms with Gasteiger partial charge < -0.3 is 10.1 Å². The van der Waals surface area contributed by atoms with Gasteiger partial charge in [0.25, 0.3) is 5.69 Å². The number of hydrogen-bond acceptors (Lipinski definition) is 3. The molecule has 5 heteroatoms. The Kier molecular flexibility index (Phi) is 4.18. The zero-order chi connectivity index (χ0) is 18.8. The van der Waals surface area contributed by atoms with Gasteiger partial charge in [-0.05, 0) is 17.7 Å². The summed E-state index contributed by atoms with van der Waals surface area (Å²) in [5, 5.41) is 22.7. The molecule has 1 aromatic heterocycles. The third kappa shape index (κ3) is 3.18. The van der Waals surface area contributed by atoms with Crippen LogP contribution in [0.2, 0.25) is 0 Å². The molecule has 0 saturated carbocycles. The summed E-state index contributed by atoms with van der Waals surface area (Å²) in [5.74, 6) is 0.0838. The SMILES string of the molecule is O=[N+]([O-])c1cc2[nH]c(-c3ccccc3)c(O)c2cc1/C=C/c1ccccc1. The number of H-pyrrole nitrogens is 1. The van der Waals surface area contributed by atoms with Crippen LogP contribution in [0.1, 0.15) is 11.1 Å². The van der Waals surface area contributed by atoms with Crippen molar-refractivity contribution >= 4 is 28.7 Å². The molecule has 2 N–H and O–H groups in total. The molecule has 4 aromatic rings. The van der Waals surface area contributed by atoms with E-state index in [1.165, 1.54) is 6.07 Å². The zero-order valence-electron chi connectivity index (χ0n) is 14.3. The Bertz CT molecular complexity index is 1150. The number of nitrogens with zero attached hydrogens (tertiary/aromatic N) is 1. The van der Waals surface area contributed by atoms with Gasteiger partial charge in [0.2, 0.25) is 0 Å². The third-order valence-corrected chi connectivity index (χ3v) is 4.43. The molecule has 0 spiro atoms. The van der Waals surface area contributed by atoms with Crippen LogP contribution in [0, 0.1) is 10.1 Å². The summed E-state index contributed by atoms with van der Waals surface area (Å²) in [7, 11) is 0. The lowest BCUT2D eigenvalue weighted by molar-refractivity contribution is -0.384. The van der Waals surface area contributed by atoms with Gasteiger partial charge in [-0.15, -0.1) is 0 Å². The summed E-state index contributed by atoms with van der Waals surface area (Å²) in [6.07, 6.45) is 3.51. The molecule has 0 radical (unpaired) electrons. The van der Waals surface area contributed by atoms with E-state index in [2.05, 4.69) is 4.98 Å². The molecule has 4 rings (SSSR count). The van der Waals surface area contributed by atoms with Crippen molar-refractivity contribution in [3.8, 4) is 17.0 Å². The maximum absolute atomic E-state index is 11.5. The fourth-order valence-electron chi connectivity index (χ4n) is 3.09. The minimum absolute atomic E-state index is 0.0180. The summed E-state index contributed by atoms with van der Waals surface area (Å²) in [5.41, 5.74) is 3.24. The van der Waals surface area contributed by atoms with Gasteiger partial charge in [-0.3, -0.25) is 10.1 Å². The second-order valence-corrected chi connectivity index (χ2v) is 6.17. The van der Waals surface area contributed by atoms with E-state index in [-0.39, 0.29) is 11.4 Å². The molecule has 1 heterocycles. The minimum atomic E-state index is -0.413. The highest BCUT2D eigenvalue weighted by molar-refractivity contribution is 5.97. The lowest BCUT2D eigenvalue weighted by Crippen LogP contribution is -1.91. The smallest absolute Gasteiger partial charge is 0.278 e. The van der Waals surface area contributed by atoms with Crippen molar-refractivity contribution in [3.05, 3.63) is 94.0 Å². The Balaban J connectivity index is 1.86. The van der Waals surface area contributed by atoms with Crippen LogP contribution in [0.25, 0.3) is 34.3 Å². The first-order valence-corrected chi connectivity index (χ1v) is 8.45. The summed E-state index contributed by atoms with van der Waals surface area (Å²) >= 11 is 0. The van der Waals surface area contributed by atoms with Crippen molar-refractivity contribution in [2.75, 3.05) is 0 Å². The summed E-state index contributed by atoms with van der Waals surface area (Å²) < 4.78 is 0. The van der Waals surface area contributed by atoms with Crippen LogP contribution in [0.5, 0.6) is 5.75 Å². The van der Waals surface area contributed by atoms with Gasteiger partial charge in [-0.2, -0.15) is 0 Å². The molecule has 0 amide bonds. The van der Waals surface area contributed by atoms with Crippen LogP contribution in [-0.2, 0) is 0 Å². The molecule has 0 bridgehead atoms. The zero-order valence-corrected chi connectivity index (χ0v) is 14.3. The molecule has 0 unspecified atom stereocenters. The third-order valence-electron chi connectivity index (χ3n) is 4.43. The normalized spacial score (nSPS) is 11.3. The van der Waals surface area contributed by atoms with E-state index in [1.54, 1.807) is 12.1 Å². The Hall–Kier alpha value is -3.86. The van der Waals surface area contributed by atoms with Crippen molar-refractivity contribution < 1.29 is 10.0 Å². The van der Waals surface area contributed by atoms with Gasteiger partial charge in [0.15, 0.2) is 0 Å². The Morgan fingerprint density at radius 1 is 0.926 bits per heavy atom. The van der Waals surface area contributed by atoms with Crippen molar-refractivity contribution in [1.29, 1.82) is 0 Å². The van der Waals surface area contributed by atoms with Gasteiger partial charge in [0, 0.05) is 17.0 Å². The van der Waals surface area contributed by atoms with E-state index in [4.69, 9.17) is 0 Å². The predicted molar refractivity (Wildman–Crippen MR) is 107 cm³/mol. The minimum Gasteiger partial charge on any atom is -0.505 e. The number of fused-ring (bicyclic) bond motifs is 1. The fourth-order valence-corrected chi connectivity index (χ4v) is 3.09. The molecule has 0 saturated heterocycles. The molecule has 0 aliphatic carbocycles. The molecule has 27 heavy (non-hydrogen) atoms. The quantitative estimate of drug-likeness (QED) is 0.283.